The fourth-order valence-corrected chi connectivity index (χ4v) is 7.16. The van der Waals surface area contributed by atoms with Crippen LogP contribution < -0.4 is 0 Å². The summed E-state index contributed by atoms with van der Waals surface area (Å²) in [6.07, 6.45) is 0. The second-order valence-corrected chi connectivity index (χ2v) is 13.0. The maximum atomic E-state index is 9.25. The van der Waals surface area contributed by atoms with Crippen molar-refractivity contribution >= 4 is 43.5 Å². The maximum absolute atomic E-state index is 9.25. The number of para-hydroxylation sites is 1. The summed E-state index contributed by atoms with van der Waals surface area (Å²) in [7, 11) is 0. The first-order valence-electron chi connectivity index (χ1n) is 17.4. The van der Waals surface area contributed by atoms with Gasteiger partial charge in [0, 0.05) is 44.0 Å². The van der Waals surface area contributed by atoms with E-state index in [1.807, 2.05) is 115 Å². The number of hydrogen-bond donors (Lipinski definition) is 0. The van der Waals surface area contributed by atoms with Crippen LogP contribution in [0.2, 0.25) is 0 Å². The van der Waals surface area contributed by atoms with Gasteiger partial charge in [-0.3, -0.25) is 0 Å². The average molecular weight is 678 g/mol. The quantitative estimate of drug-likeness (QED) is 0.168. The monoisotopic (exact) mass is 677 g/mol. The number of fused-ring (bicyclic) bond motifs is 8. The van der Waals surface area contributed by atoms with Gasteiger partial charge < -0.3 is 4.42 Å². The molecule has 0 saturated heterocycles. The maximum Gasteiger partial charge on any atom is 0.164 e. The third-order valence-corrected chi connectivity index (χ3v) is 9.75. The molecule has 0 unspecified atom stereocenters. The van der Waals surface area contributed by atoms with Crippen LogP contribution in [-0.2, 0) is 0 Å². The highest BCUT2D eigenvalue weighted by Gasteiger charge is 2.19. The van der Waals surface area contributed by atoms with Crippen LogP contribution in [0.5, 0.6) is 0 Å². The zero-order chi connectivity index (χ0) is 35.3. The van der Waals surface area contributed by atoms with Crippen molar-refractivity contribution in [2.45, 2.75) is 0 Å². The Hall–Kier alpha value is -7.49. The average Bonchev–Trinajstić information content (AvgIpc) is 3.64. The van der Waals surface area contributed by atoms with E-state index in [4.69, 9.17) is 24.4 Å². The highest BCUT2D eigenvalue weighted by atomic mass is 16.3. The second kappa shape index (κ2) is 12.4. The number of furan rings is 1. The molecule has 3 heterocycles. The van der Waals surface area contributed by atoms with E-state index in [0.717, 1.165) is 82.7 Å². The van der Waals surface area contributed by atoms with Crippen LogP contribution in [0.15, 0.2) is 168 Å². The number of pyridine rings is 1. The Morgan fingerprint density at radius 3 is 1.62 bits per heavy atom. The van der Waals surface area contributed by atoms with Gasteiger partial charge in [-0.25, -0.2) is 19.9 Å². The molecule has 53 heavy (non-hydrogen) atoms. The fraction of sp³-hybridized carbons (Fsp3) is 0. The van der Waals surface area contributed by atoms with Crippen molar-refractivity contribution in [2.75, 3.05) is 0 Å². The van der Waals surface area contributed by atoms with Gasteiger partial charge in [-0.15, -0.1) is 0 Å². The molecule has 7 aromatic carbocycles. The molecule has 0 radical (unpaired) electrons. The standard InChI is InChI=1S/C47H27N5O/c48-28-29-18-20-30(21-19-29)40-15-9-16-41(49-40)33-22-24-35-36-25-23-34(27-39(36)44-43(38(35)26-33)37-14-7-8-17-42(37)53-44)47-51-45(31-10-3-1-4-11-31)50-46(52-47)32-12-5-2-6-13-32/h1-27H. The molecular formula is C47H27N5O. The Balaban J connectivity index is 1.17. The number of benzene rings is 7. The summed E-state index contributed by atoms with van der Waals surface area (Å²) in [6, 6.07) is 56.9. The number of nitrogens with zero attached hydrogens (tertiary/aromatic N) is 5. The van der Waals surface area contributed by atoms with Crippen LogP contribution in [0.4, 0.5) is 0 Å². The highest BCUT2D eigenvalue weighted by Crippen LogP contribution is 2.43. The minimum Gasteiger partial charge on any atom is -0.455 e. The van der Waals surface area contributed by atoms with Crippen LogP contribution >= 0.6 is 0 Å². The van der Waals surface area contributed by atoms with Gasteiger partial charge in [0.05, 0.1) is 23.0 Å². The summed E-state index contributed by atoms with van der Waals surface area (Å²) >= 11 is 0. The van der Waals surface area contributed by atoms with Crippen molar-refractivity contribution in [1.29, 1.82) is 5.26 Å². The van der Waals surface area contributed by atoms with Gasteiger partial charge in [-0.2, -0.15) is 5.26 Å². The molecule has 0 amide bonds. The normalized spacial score (nSPS) is 11.4. The predicted octanol–water partition coefficient (Wildman–Crippen LogP) is 11.7. The summed E-state index contributed by atoms with van der Waals surface area (Å²) in [6.45, 7) is 0. The lowest BCUT2D eigenvalue weighted by Crippen LogP contribution is -2.00. The molecule has 6 heteroatoms. The minimum absolute atomic E-state index is 0.590. The van der Waals surface area contributed by atoms with Gasteiger partial charge in [0.1, 0.15) is 11.2 Å². The summed E-state index contributed by atoms with van der Waals surface area (Å²) in [5.74, 6) is 1.82. The van der Waals surface area contributed by atoms with Crippen molar-refractivity contribution < 1.29 is 4.42 Å². The van der Waals surface area contributed by atoms with E-state index in [2.05, 4.69) is 54.6 Å². The Morgan fingerprint density at radius 1 is 0.396 bits per heavy atom. The van der Waals surface area contributed by atoms with Crippen LogP contribution in [0.3, 0.4) is 0 Å². The largest absolute Gasteiger partial charge is 0.455 e. The first-order valence-corrected chi connectivity index (χ1v) is 17.4. The van der Waals surface area contributed by atoms with Gasteiger partial charge >= 0.3 is 0 Å². The van der Waals surface area contributed by atoms with Crippen molar-refractivity contribution in [3.63, 3.8) is 0 Å². The van der Waals surface area contributed by atoms with Crippen molar-refractivity contribution in [2.24, 2.45) is 0 Å². The number of rotatable bonds is 5. The van der Waals surface area contributed by atoms with Gasteiger partial charge in [-0.1, -0.05) is 121 Å². The zero-order valence-electron chi connectivity index (χ0n) is 28.2. The molecule has 0 N–H and O–H groups in total. The minimum atomic E-state index is 0.590. The molecule has 246 valence electrons. The molecule has 6 nitrogen and oxygen atoms in total. The molecule has 0 saturated carbocycles. The molecule has 10 aromatic rings. The van der Waals surface area contributed by atoms with E-state index in [1.165, 1.54) is 0 Å². The first kappa shape index (κ1) is 30.3. The molecule has 0 bridgehead atoms. The number of hydrogen-bond acceptors (Lipinski definition) is 6. The molecule has 10 rings (SSSR count). The van der Waals surface area contributed by atoms with Crippen molar-refractivity contribution in [3.05, 3.63) is 169 Å². The molecule has 3 aromatic heterocycles. The van der Waals surface area contributed by atoms with Crippen molar-refractivity contribution in [3.8, 4) is 62.7 Å². The van der Waals surface area contributed by atoms with Gasteiger partial charge in [0.15, 0.2) is 17.5 Å². The Kier molecular flexibility index (Phi) is 7.09. The third kappa shape index (κ3) is 5.27. The van der Waals surface area contributed by atoms with Crippen LogP contribution in [0, 0.1) is 11.3 Å². The molecule has 0 aliphatic carbocycles. The molecular weight excluding hydrogens is 651 g/mol. The van der Waals surface area contributed by atoms with Gasteiger partial charge in [-0.05, 0) is 58.6 Å². The van der Waals surface area contributed by atoms with E-state index >= 15 is 0 Å². The lowest BCUT2D eigenvalue weighted by molar-refractivity contribution is 0.673. The van der Waals surface area contributed by atoms with E-state index in [9.17, 15) is 5.26 Å². The Bertz CT molecular complexity index is 3000. The molecule has 0 fully saturated rings. The van der Waals surface area contributed by atoms with Crippen molar-refractivity contribution in [1.82, 2.24) is 19.9 Å². The summed E-state index contributed by atoms with van der Waals surface area (Å²) in [4.78, 5) is 19.9. The lowest BCUT2D eigenvalue weighted by atomic mass is 9.93. The zero-order valence-corrected chi connectivity index (χ0v) is 28.2. The fourth-order valence-electron chi connectivity index (χ4n) is 7.16. The number of aromatic nitrogens is 4. The van der Waals surface area contributed by atoms with Crippen LogP contribution in [0.1, 0.15) is 5.56 Å². The summed E-state index contributed by atoms with van der Waals surface area (Å²) in [5, 5.41) is 15.6. The van der Waals surface area contributed by atoms with E-state index in [0.29, 0.717) is 23.0 Å². The van der Waals surface area contributed by atoms with E-state index in [1.54, 1.807) is 0 Å². The third-order valence-electron chi connectivity index (χ3n) is 9.75. The molecule has 0 aliphatic rings. The van der Waals surface area contributed by atoms with E-state index in [-0.39, 0.29) is 0 Å². The lowest BCUT2D eigenvalue weighted by Gasteiger charge is -2.12. The first-order chi connectivity index (χ1) is 26.2. The topological polar surface area (TPSA) is 88.5 Å². The van der Waals surface area contributed by atoms with E-state index < -0.39 is 0 Å². The Labute approximate surface area is 304 Å². The predicted molar refractivity (Wildman–Crippen MR) is 212 cm³/mol. The van der Waals surface area contributed by atoms with Gasteiger partial charge in [0.25, 0.3) is 0 Å². The molecule has 0 aliphatic heterocycles. The Morgan fingerprint density at radius 2 is 0.943 bits per heavy atom. The number of nitriles is 1. The van der Waals surface area contributed by atoms with Crippen LogP contribution in [0.25, 0.3) is 100 Å². The van der Waals surface area contributed by atoms with Crippen LogP contribution in [-0.4, -0.2) is 19.9 Å². The molecule has 0 spiro atoms. The summed E-state index contributed by atoms with van der Waals surface area (Å²) < 4.78 is 6.70. The van der Waals surface area contributed by atoms with Gasteiger partial charge in [0.2, 0.25) is 0 Å². The SMILES string of the molecule is N#Cc1ccc(-c2cccc(-c3ccc4c5ccc(-c6nc(-c7ccccc7)nc(-c7ccccc7)n6)cc5c5oc6ccccc6c5c4c3)n2)cc1. The second-order valence-electron chi connectivity index (χ2n) is 13.0. The highest BCUT2D eigenvalue weighted by molar-refractivity contribution is 6.30. The summed E-state index contributed by atoms with van der Waals surface area (Å²) in [5.41, 5.74) is 8.65. The molecule has 0 atom stereocenters. The smallest absolute Gasteiger partial charge is 0.164 e.